The van der Waals surface area contributed by atoms with E-state index < -0.39 is 10.0 Å². The molecule has 1 aliphatic rings. The van der Waals surface area contributed by atoms with Crippen molar-refractivity contribution in [3.8, 4) is 0 Å². The topological polar surface area (TPSA) is 101 Å². The summed E-state index contributed by atoms with van der Waals surface area (Å²) < 4.78 is 27.7. The van der Waals surface area contributed by atoms with Gasteiger partial charge in [0, 0.05) is 11.6 Å². The van der Waals surface area contributed by atoms with Gasteiger partial charge in [-0.05, 0) is 71.2 Å². The second-order valence-electron chi connectivity index (χ2n) is 7.14. The van der Waals surface area contributed by atoms with Crippen LogP contribution in [0.4, 0.5) is 11.4 Å². The van der Waals surface area contributed by atoms with Gasteiger partial charge in [-0.15, -0.1) is 11.3 Å². The Labute approximate surface area is 208 Å². The highest BCUT2D eigenvalue weighted by molar-refractivity contribution is 8.18. The monoisotopic (exact) mass is 526 g/mol. The predicted octanol–water partition coefficient (Wildman–Crippen LogP) is 5.64. The number of aliphatic imine (C=N–C) groups is 1. The lowest BCUT2D eigenvalue weighted by Gasteiger charge is -2.08. The minimum absolute atomic E-state index is 0.202. The van der Waals surface area contributed by atoms with Crippen LogP contribution in [-0.2, 0) is 14.8 Å². The summed E-state index contributed by atoms with van der Waals surface area (Å²) in [5.74, 6) is -0.277. The van der Waals surface area contributed by atoms with Crippen LogP contribution in [0, 0.1) is 0 Å². The number of benzene rings is 2. The van der Waals surface area contributed by atoms with Crippen LogP contribution in [0.1, 0.15) is 5.56 Å². The molecule has 2 aromatic heterocycles. The van der Waals surface area contributed by atoms with E-state index in [2.05, 4.69) is 20.0 Å². The van der Waals surface area contributed by atoms with E-state index in [0.717, 1.165) is 27.8 Å². The molecule has 0 atom stereocenters. The molecule has 2 aromatic carbocycles. The fourth-order valence-electron chi connectivity index (χ4n) is 3.21. The first-order chi connectivity index (χ1) is 16.4. The van der Waals surface area contributed by atoms with Crippen molar-refractivity contribution < 1.29 is 13.2 Å². The average Bonchev–Trinajstić information content (AvgIpc) is 3.47. The van der Waals surface area contributed by atoms with Gasteiger partial charge in [0.1, 0.15) is 4.21 Å². The lowest BCUT2D eigenvalue weighted by atomic mass is 10.1. The Hall–Kier alpha value is -3.18. The molecule has 1 saturated heterocycles. The molecule has 7 nitrogen and oxygen atoms in total. The van der Waals surface area contributed by atoms with E-state index >= 15 is 0 Å². The highest BCUT2D eigenvalue weighted by Crippen LogP contribution is 2.33. The molecule has 11 heteroatoms. The van der Waals surface area contributed by atoms with Crippen LogP contribution in [0.5, 0.6) is 0 Å². The number of thioether (sulfide) groups is 1. The molecule has 170 valence electrons. The van der Waals surface area contributed by atoms with Crippen molar-refractivity contribution in [1.82, 2.24) is 10.3 Å². The van der Waals surface area contributed by atoms with Gasteiger partial charge in [0.15, 0.2) is 5.17 Å². The molecule has 0 unspecified atom stereocenters. The first-order valence-corrected chi connectivity index (χ1v) is 13.4. The maximum Gasteiger partial charge on any atom is 0.271 e. The number of carbonyl (C=O) groups is 1. The van der Waals surface area contributed by atoms with E-state index in [4.69, 9.17) is 11.6 Å². The highest BCUT2D eigenvalue weighted by Gasteiger charge is 2.24. The number of sulfonamides is 1. The number of nitrogens with zero attached hydrogens (tertiary/aromatic N) is 2. The number of halogens is 1. The predicted molar refractivity (Wildman–Crippen MR) is 139 cm³/mol. The minimum Gasteiger partial charge on any atom is -0.300 e. The van der Waals surface area contributed by atoms with Gasteiger partial charge < -0.3 is 5.32 Å². The number of anilines is 1. The van der Waals surface area contributed by atoms with E-state index in [1.807, 2.05) is 30.3 Å². The zero-order chi connectivity index (χ0) is 23.7. The second kappa shape index (κ2) is 9.22. The van der Waals surface area contributed by atoms with E-state index in [1.54, 1.807) is 35.9 Å². The molecule has 34 heavy (non-hydrogen) atoms. The second-order valence-corrected chi connectivity index (χ2v) is 11.4. The van der Waals surface area contributed by atoms with Crippen molar-refractivity contribution in [2.45, 2.75) is 4.21 Å². The van der Waals surface area contributed by atoms with Gasteiger partial charge in [-0.1, -0.05) is 29.8 Å². The molecule has 1 aliphatic heterocycles. The summed E-state index contributed by atoms with van der Waals surface area (Å²) in [6.45, 7) is 0. The van der Waals surface area contributed by atoms with Gasteiger partial charge in [-0.3, -0.25) is 14.5 Å². The number of hydrogen-bond donors (Lipinski definition) is 2. The first kappa shape index (κ1) is 22.6. The number of hydrogen-bond acceptors (Lipinski definition) is 7. The number of aromatic nitrogens is 1. The van der Waals surface area contributed by atoms with Crippen molar-refractivity contribution in [2.24, 2.45) is 4.99 Å². The highest BCUT2D eigenvalue weighted by atomic mass is 35.5. The van der Waals surface area contributed by atoms with Crippen LogP contribution >= 0.6 is 34.7 Å². The Kier molecular flexibility index (Phi) is 6.13. The molecule has 0 aliphatic carbocycles. The normalized spacial score (nSPS) is 16.3. The Morgan fingerprint density at radius 2 is 1.97 bits per heavy atom. The number of nitrogens with one attached hydrogen (secondary N) is 2. The van der Waals surface area contributed by atoms with Gasteiger partial charge in [0.05, 0.1) is 26.8 Å². The summed E-state index contributed by atoms with van der Waals surface area (Å²) in [5.41, 5.74) is 2.38. The van der Waals surface area contributed by atoms with Gasteiger partial charge in [0.2, 0.25) is 0 Å². The Bertz CT molecular complexity index is 1580. The number of amidine groups is 1. The van der Waals surface area contributed by atoms with E-state index in [1.165, 1.54) is 23.9 Å². The standard InChI is InChI=1S/C23H15ClN4O3S3/c24-17-7-6-16(28-34(30,31)21-4-2-10-32-21)13-19(17)26-23-27-22(29)20(33-23)12-14-5-8-18-15(11-14)3-1-9-25-18/h1-13,28H,(H,26,27,29)/b20-12-. The molecule has 0 saturated carbocycles. The molecule has 0 radical (unpaired) electrons. The smallest absolute Gasteiger partial charge is 0.271 e. The first-order valence-electron chi connectivity index (χ1n) is 9.88. The fourth-order valence-corrected chi connectivity index (χ4v) is 6.25. The maximum absolute atomic E-state index is 12.5. The van der Waals surface area contributed by atoms with Crippen molar-refractivity contribution >= 4 is 84.2 Å². The van der Waals surface area contributed by atoms with Gasteiger partial charge in [0.25, 0.3) is 15.9 Å². The molecule has 4 aromatic rings. The number of pyridine rings is 1. The van der Waals surface area contributed by atoms with Crippen LogP contribution in [-0.4, -0.2) is 24.5 Å². The van der Waals surface area contributed by atoms with Gasteiger partial charge in [-0.2, -0.15) is 0 Å². The molecular weight excluding hydrogens is 512 g/mol. The zero-order valence-electron chi connectivity index (χ0n) is 17.2. The Balaban J connectivity index is 1.39. The Morgan fingerprint density at radius 1 is 1.09 bits per heavy atom. The molecule has 0 spiro atoms. The summed E-state index contributed by atoms with van der Waals surface area (Å²) >= 11 is 8.58. The summed E-state index contributed by atoms with van der Waals surface area (Å²) in [6, 6.07) is 17.4. The van der Waals surface area contributed by atoms with Crippen LogP contribution in [0.25, 0.3) is 17.0 Å². The van der Waals surface area contributed by atoms with Crippen LogP contribution in [0.15, 0.2) is 86.3 Å². The third-order valence-corrected chi connectivity index (χ3v) is 8.76. The van der Waals surface area contributed by atoms with Crippen molar-refractivity contribution in [2.75, 3.05) is 4.72 Å². The molecule has 1 fully saturated rings. The zero-order valence-corrected chi connectivity index (χ0v) is 20.4. The van der Waals surface area contributed by atoms with Crippen LogP contribution < -0.4 is 10.0 Å². The van der Waals surface area contributed by atoms with Gasteiger partial charge in [-0.25, -0.2) is 13.4 Å². The lowest BCUT2D eigenvalue weighted by Crippen LogP contribution is -2.19. The summed E-state index contributed by atoms with van der Waals surface area (Å²) in [6.07, 6.45) is 3.51. The fraction of sp³-hybridized carbons (Fsp3) is 0. The molecule has 0 bridgehead atoms. The molecule has 5 rings (SSSR count). The van der Waals surface area contributed by atoms with Crippen molar-refractivity contribution in [3.05, 3.63) is 87.7 Å². The molecule has 1 amide bonds. The van der Waals surface area contributed by atoms with Crippen LogP contribution in [0.3, 0.4) is 0 Å². The third kappa shape index (κ3) is 4.85. The average molecular weight is 527 g/mol. The minimum atomic E-state index is -3.71. The van der Waals surface area contributed by atoms with Gasteiger partial charge >= 0.3 is 0 Å². The Morgan fingerprint density at radius 3 is 2.79 bits per heavy atom. The summed E-state index contributed by atoms with van der Waals surface area (Å²) in [7, 11) is -3.71. The molecule has 3 heterocycles. The number of thiophene rings is 1. The van der Waals surface area contributed by atoms with E-state index in [-0.39, 0.29) is 10.1 Å². The lowest BCUT2D eigenvalue weighted by molar-refractivity contribution is -0.115. The van der Waals surface area contributed by atoms with E-state index in [9.17, 15) is 13.2 Å². The summed E-state index contributed by atoms with van der Waals surface area (Å²) in [5, 5.41) is 6.05. The molecule has 2 N–H and O–H groups in total. The molecular formula is C23H15ClN4O3S3. The largest absolute Gasteiger partial charge is 0.300 e. The van der Waals surface area contributed by atoms with Crippen molar-refractivity contribution in [1.29, 1.82) is 0 Å². The van der Waals surface area contributed by atoms with Crippen LogP contribution in [0.2, 0.25) is 5.02 Å². The third-order valence-electron chi connectivity index (χ3n) is 4.76. The quantitative estimate of drug-likeness (QED) is 0.328. The number of amides is 1. The number of rotatable bonds is 5. The van der Waals surface area contributed by atoms with E-state index in [0.29, 0.717) is 26.5 Å². The SMILES string of the molecule is O=C1NC(=Nc2cc(NS(=O)(=O)c3cccs3)ccc2Cl)S/C1=C\c1ccc2ncccc2c1. The number of carbonyl (C=O) groups excluding carboxylic acids is 1. The number of fused-ring (bicyclic) bond motifs is 1. The maximum atomic E-state index is 12.5. The van der Waals surface area contributed by atoms with Crippen molar-refractivity contribution in [3.63, 3.8) is 0 Å². The summed E-state index contributed by atoms with van der Waals surface area (Å²) in [4.78, 5) is 21.7.